The Morgan fingerprint density at radius 2 is 2.19 bits per heavy atom. The molecule has 1 N–H and O–H groups in total. The molecule has 1 rings (SSSR count). The molecule has 0 saturated carbocycles. The lowest BCUT2D eigenvalue weighted by Gasteiger charge is -2.06. The highest BCUT2D eigenvalue weighted by atomic mass is 19.1. The van der Waals surface area contributed by atoms with Gasteiger partial charge >= 0.3 is 11.7 Å². The van der Waals surface area contributed by atoms with Gasteiger partial charge in [0, 0.05) is 11.6 Å². The molecule has 0 amide bonds. The number of nitro benzene ring substituents is 1. The summed E-state index contributed by atoms with van der Waals surface area (Å²) in [6.45, 7) is 1.13. The van der Waals surface area contributed by atoms with Crippen molar-refractivity contribution in [2.24, 2.45) is 0 Å². The number of hydrogen-bond donors (Lipinski definition) is 1. The van der Waals surface area contributed by atoms with E-state index in [0.717, 1.165) is 14.0 Å². The van der Waals surface area contributed by atoms with E-state index >= 15 is 0 Å². The molecule has 1 aromatic rings. The standard InChI is InChI=1S/C9H8FNO5/c1-4-7(10)5(9(13)16-2)3-6(8(4)12)11(14)15/h3,12H,1-2H3. The zero-order valence-corrected chi connectivity index (χ0v) is 8.48. The minimum absolute atomic E-state index is 0.366. The molecular weight excluding hydrogens is 221 g/mol. The number of ether oxygens (including phenoxy) is 1. The monoisotopic (exact) mass is 229 g/mol. The van der Waals surface area contributed by atoms with Gasteiger partial charge in [-0.15, -0.1) is 0 Å². The summed E-state index contributed by atoms with van der Waals surface area (Å²) in [5, 5.41) is 19.8. The molecule has 0 heterocycles. The van der Waals surface area contributed by atoms with Crippen LogP contribution >= 0.6 is 0 Å². The summed E-state index contributed by atoms with van der Waals surface area (Å²) in [6.07, 6.45) is 0. The fraction of sp³-hybridized carbons (Fsp3) is 0.222. The van der Waals surface area contributed by atoms with Gasteiger partial charge in [-0.1, -0.05) is 0 Å². The van der Waals surface area contributed by atoms with Crippen molar-refractivity contribution in [1.82, 2.24) is 0 Å². The molecule has 0 atom stereocenters. The van der Waals surface area contributed by atoms with Crippen molar-refractivity contribution in [3.8, 4) is 5.75 Å². The summed E-state index contributed by atoms with van der Waals surface area (Å²) in [5.74, 6) is -2.87. The van der Waals surface area contributed by atoms with E-state index in [-0.39, 0.29) is 5.56 Å². The predicted octanol–water partition coefficient (Wildman–Crippen LogP) is 1.53. The summed E-state index contributed by atoms with van der Waals surface area (Å²) >= 11 is 0. The lowest BCUT2D eigenvalue weighted by molar-refractivity contribution is -0.386. The largest absolute Gasteiger partial charge is 0.502 e. The molecule has 0 radical (unpaired) electrons. The van der Waals surface area contributed by atoms with Gasteiger partial charge in [0.25, 0.3) is 0 Å². The second kappa shape index (κ2) is 4.13. The van der Waals surface area contributed by atoms with Crippen LogP contribution in [-0.2, 0) is 4.74 Å². The third-order valence-corrected chi connectivity index (χ3v) is 2.05. The van der Waals surface area contributed by atoms with Crippen molar-refractivity contribution >= 4 is 11.7 Å². The number of hydrogen-bond acceptors (Lipinski definition) is 5. The van der Waals surface area contributed by atoms with Gasteiger partial charge in [-0.3, -0.25) is 10.1 Å². The van der Waals surface area contributed by atoms with Crippen LogP contribution in [0.25, 0.3) is 0 Å². The van der Waals surface area contributed by atoms with Gasteiger partial charge in [0.05, 0.1) is 12.0 Å². The Labute approximate surface area is 89.4 Å². The summed E-state index contributed by atoms with van der Waals surface area (Å²) in [7, 11) is 1.02. The molecule has 0 aliphatic carbocycles. The molecule has 7 heteroatoms. The van der Waals surface area contributed by atoms with Gasteiger partial charge in [-0.25, -0.2) is 9.18 Å². The Bertz CT molecular complexity index is 471. The van der Waals surface area contributed by atoms with E-state index in [1.807, 2.05) is 0 Å². The number of phenols is 1. The van der Waals surface area contributed by atoms with E-state index in [1.165, 1.54) is 0 Å². The Kier molecular flexibility index (Phi) is 3.07. The maximum absolute atomic E-state index is 13.5. The van der Waals surface area contributed by atoms with Gasteiger partial charge in [-0.2, -0.15) is 0 Å². The number of methoxy groups -OCH3 is 1. The van der Waals surface area contributed by atoms with E-state index in [0.29, 0.717) is 6.07 Å². The molecule has 0 saturated heterocycles. The van der Waals surface area contributed by atoms with Crippen LogP contribution in [0.1, 0.15) is 15.9 Å². The Morgan fingerprint density at radius 3 is 2.62 bits per heavy atom. The topological polar surface area (TPSA) is 89.7 Å². The minimum atomic E-state index is -1.04. The first-order valence-corrected chi connectivity index (χ1v) is 4.15. The van der Waals surface area contributed by atoms with Crippen LogP contribution in [0.2, 0.25) is 0 Å². The predicted molar refractivity (Wildman–Crippen MR) is 50.8 cm³/mol. The molecule has 86 valence electrons. The first-order chi connectivity index (χ1) is 7.40. The maximum Gasteiger partial charge on any atom is 0.341 e. The molecule has 0 bridgehead atoms. The molecule has 0 aliphatic rings. The Balaban J connectivity index is 3.53. The van der Waals surface area contributed by atoms with E-state index < -0.39 is 33.7 Å². The normalized spacial score (nSPS) is 9.94. The number of nitrogens with zero attached hydrogens (tertiary/aromatic N) is 1. The number of esters is 1. The third-order valence-electron chi connectivity index (χ3n) is 2.05. The van der Waals surface area contributed by atoms with Crippen molar-refractivity contribution in [2.45, 2.75) is 6.92 Å². The van der Waals surface area contributed by atoms with Gasteiger partial charge in [0.2, 0.25) is 0 Å². The molecule has 16 heavy (non-hydrogen) atoms. The highest BCUT2D eigenvalue weighted by Crippen LogP contribution is 2.33. The minimum Gasteiger partial charge on any atom is -0.502 e. The molecule has 0 spiro atoms. The summed E-state index contributed by atoms with van der Waals surface area (Å²) < 4.78 is 17.7. The third kappa shape index (κ3) is 1.79. The van der Waals surface area contributed by atoms with Gasteiger partial charge < -0.3 is 9.84 Å². The molecule has 0 aromatic heterocycles. The zero-order chi connectivity index (χ0) is 12.5. The van der Waals surface area contributed by atoms with Crippen molar-refractivity contribution in [3.63, 3.8) is 0 Å². The van der Waals surface area contributed by atoms with Crippen molar-refractivity contribution in [2.75, 3.05) is 7.11 Å². The van der Waals surface area contributed by atoms with Crippen molar-refractivity contribution in [3.05, 3.63) is 33.1 Å². The van der Waals surface area contributed by atoms with Crippen LogP contribution < -0.4 is 0 Å². The van der Waals surface area contributed by atoms with Crippen molar-refractivity contribution in [1.29, 1.82) is 0 Å². The lowest BCUT2D eigenvalue weighted by Crippen LogP contribution is -2.07. The van der Waals surface area contributed by atoms with Gasteiger partial charge in [0.15, 0.2) is 5.75 Å². The average Bonchev–Trinajstić information content (AvgIpc) is 2.25. The molecule has 0 aliphatic heterocycles. The SMILES string of the molecule is COC(=O)c1cc([N+](=O)[O-])c(O)c(C)c1F. The number of aromatic hydroxyl groups is 1. The summed E-state index contributed by atoms with van der Waals surface area (Å²) in [5.41, 5.74) is -1.68. The number of carbonyl (C=O) groups excluding carboxylic acids is 1. The van der Waals surface area contributed by atoms with Gasteiger partial charge in [-0.05, 0) is 6.92 Å². The quantitative estimate of drug-likeness (QED) is 0.472. The van der Waals surface area contributed by atoms with E-state index in [4.69, 9.17) is 0 Å². The maximum atomic E-state index is 13.5. The first-order valence-electron chi connectivity index (χ1n) is 4.15. The smallest absolute Gasteiger partial charge is 0.341 e. The highest BCUT2D eigenvalue weighted by Gasteiger charge is 2.25. The van der Waals surface area contributed by atoms with Gasteiger partial charge in [0.1, 0.15) is 11.4 Å². The van der Waals surface area contributed by atoms with Crippen LogP contribution in [0.5, 0.6) is 5.75 Å². The molecule has 1 aromatic carbocycles. The highest BCUT2D eigenvalue weighted by molar-refractivity contribution is 5.91. The molecule has 6 nitrogen and oxygen atoms in total. The number of carbonyl (C=O) groups is 1. The van der Waals surface area contributed by atoms with Crippen LogP contribution in [0.4, 0.5) is 10.1 Å². The van der Waals surface area contributed by atoms with Crippen LogP contribution in [0, 0.1) is 22.9 Å². The van der Waals surface area contributed by atoms with Crippen LogP contribution in [-0.4, -0.2) is 23.1 Å². The van der Waals surface area contributed by atoms with E-state index in [9.17, 15) is 24.4 Å². The molecule has 0 unspecified atom stereocenters. The molecule has 0 fully saturated rings. The lowest BCUT2D eigenvalue weighted by atomic mass is 10.1. The van der Waals surface area contributed by atoms with E-state index in [1.54, 1.807) is 0 Å². The van der Waals surface area contributed by atoms with Crippen LogP contribution in [0.15, 0.2) is 6.07 Å². The fourth-order valence-electron chi connectivity index (χ4n) is 1.16. The average molecular weight is 229 g/mol. The Hall–Kier alpha value is -2.18. The number of phenolic OH excluding ortho intramolecular Hbond substituents is 1. The number of nitro groups is 1. The zero-order valence-electron chi connectivity index (χ0n) is 8.48. The Morgan fingerprint density at radius 1 is 1.62 bits per heavy atom. The second-order valence-electron chi connectivity index (χ2n) is 2.98. The number of benzene rings is 1. The number of halogens is 1. The van der Waals surface area contributed by atoms with E-state index in [2.05, 4.69) is 4.74 Å². The fourth-order valence-corrected chi connectivity index (χ4v) is 1.16. The van der Waals surface area contributed by atoms with Crippen molar-refractivity contribution < 1.29 is 24.0 Å². The number of rotatable bonds is 2. The second-order valence-corrected chi connectivity index (χ2v) is 2.98. The summed E-state index contributed by atoms with van der Waals surface area (Å²) in [6, 6.07) is 0.642. The summed E-state index contributed by atoms with van der Waals surface area (Å²) in [4.78, 5) is 20.7. The first kappa shape index (κ1) is 11.9. The van der Waals surface area contributed by atoms with Crippen LogP contribution in [0.3, 0.4) is 0 Å². The molecular formula is C9H8FNO5.